The molecule has 0 N–H and O–H groups in total. The lowest BCUT2D eigenvalue weighted by Crippen LogP contribution is -2.35. The van der Waals surface area contributed by atoms with Crippen molar-refractivity contribution in [3.8, 4) is 0 Å². The molecular formula is C11H17NO2S. The first kappa shape index (κ1) is 11.0. The number of ether oxygens (including phenoxy) is 2. The van der Waals surface area contributed by atoms with Gasteiger partial charge < -0.3 is 9.47 Å². The summed E-state index contributed by atoms with van der Waals surface area (Å²) in [4.78, 5) is 4.63. The van der Waals surface area contributed by atoms with Crippen LogP contribution in [0.5, 0.6) is 0 Å². The zero-order chi connectivity index (χ0) is 10.7. The minimum Gasteiger partial charge on any atom is -0.381 e. The minimum absolute atomic E-state index is 0.184. The van der Waals surface area contributed by atoms with E-state index >= 15 is 0 Å². The van der Waals surface area contributed by atoms with E-state index in [9.17, 15) is 0 Å². The monoisotopic (exact) mass is 227 g/mol. The van der Waals surface area contributed by atoms with Crippen molar-refractivity contribution in [2.75, 3.05) is 20.3 Å². The van der Waals surface area contributed by atoms with Crippen LogP contribution in [0.25, 0.3) is 0 Å². The van der Waals surface area contributed by atoms with Crippen LogP contribution in [0.2, 0.25) is 0 Å². The molecule has 2 heterocycles. The van der Waals surface area contributed by atoms with Crippen molar-refractivity contribution in [1.82, 2.24) is 4.98 Å². The second-order valence-electron chi connectivity index (χ2n) is 3.81. The Hall–Kier alpha value is -0.450. The standard InChI is InChI=1S/C11H17NO2S/c1-3-9-8-15-10(12-9)11(13-2)4-6-14-7-5-11/h8H,3-7H2,1-2H3. The Morgan fingerprint density at radius 1 is 1.53 bits per heavy atom. The van der Waals surface area contributed by atoms with E-state index in [0.717, 1.165) is 43.2 Å². The predicted molar refractivity (Wildman–Crippen MR) is 60.2 cm³/mol. The first-order chi connectivity index (χ1) is 7.30. The summed E-state index contributed by atoms with van der Waals surface area (Å²) in [6.45, 7) is 3.67. The van der Waals surface area contributed by atoms with E-state index in [1.165, 1.54) is 0 Å². The highest BCUT2D eigenvalue weighted by atomic mass is 32.1. The van der Waals surface area contributed by atoms with Crippen LogP contribution >= 0.6 is 11.3 Å². The lowest BCUT2D eigenvalue weighted by molar-refractivity contribution is -0.0948. The van der Waals surface area contributed by atoms with Gasteiger partial charge in [-0.2, -0.15) is 0 Å². The van der Waals surface area contributed by atoms with Crippen molar-refractivity contribution in [3.63, 3.8) is 0 Å². The van der Waals surface area contributed by atoms with Gasteiger partial charge in [0.25, 0.3) is 0 Å². The van der Waals surface area contributed by atoms with Gasteiger partial charge in [-0.3, -0.25) is 0 Å². The Bertz CT molecular complexity index is 318. The van der Waals surface area contributed by atoms with Gasteiger partial charge in [-0.15, -0.1) is 11.3 Å². The van der Waals surface area contributed by atoms with E-state index in [1.807, 2.05) is 0 Å². The topological polar surface area (TPSA) is 31.4 Å². The number of nitrogens with zero attached hydrogens (tertiary/aromatic N) is 1. The molecule has 1 saturated heterocycles. The van der Waals surface area contributed by atoms with Gasteiger partial charge in [0, 0.05) is 38.5 Å². The molecule has 0 unspecified atom stereocenters. The van der Waals surface area contributed by atoms with E-state index < -0.39 is 0 Å². The molecule has 0 spiro atoms. The molecule has 1 aromatic heterocycles. The highest BCUT2D eigenvalue weighted by Gasteiger charge is 2.37. The van der Waals surface area contributed by atoms with Crippen LogP contribution in [0.3, 0.4) is 0 Å². The Labute approximate surface area is 94.4 Å². The van der Waals surface area contributed by atoms with Gasteiger partial charge in [-0.1, -0.05) is 6.92 Å². The molecule has 0 bridgehead atoms. The lowest BCUT2D eigenvalue weighted by atomic mass is 9.95. The summed E-state index contributed by atoms with van der Waals surface area (Å²) in [5, 5.41) is 3.25. The van der Waals surface area contributed by atoms with Crippen molar-refractivity contribution >= 4 is 11.3 Å². The van der Waals surface area contributed by atoms with E-state index in [0.29, 0.717) is 0 Å². The quantitative estimate of drug-likeness (QED) is 0.794. The number of aromatic nitrogens is 1. The third-order valence-corrected chi connectivity index (χ3v) is 4.07. The third-order valence-electron chi connectivity index (χ3n) is 2.99. The van der Waals surface area contributed by atoms with Crippen LogP contribution in [0, 0.1) is 0 Å². The number of thiazole rings is 1. The van der Waals surface area contributed by atoms with Gasteiger partial charge in [-0.25, -0.2) is 4.98 Å². The molecule has 1 aliphatic rings. The van der Waals surface area contributed by atoms with E-state index in [-0.39, 0.29) is 5.60 Å². The second kappa shape index (κ2) is 4.60. The molecule has 0 amide bonds. The summed E-state index contributed by atoms with van der Waals surface area (Å²) in [5.41, 5.74) is 0.981. The Morgan fingerprint density at radius 2 is 2.27 bits per heavy atom. The Balaban J connectivity index is 2.24. The molecule has 0 aliphatic carbocycles. The van der Waals surface area contributed by atoms with Crippen molar-refractivity contribution in [3.05, 3.63) is 16.1 Å². The maximum Gasteiger partial charge on any atom is 0.125 e. The van der Waals surface area contributed by atoms with Crippen LogP contribution in [-0.2, 0) is 21.5 Å². The molecule has 0 aromatic carbocycles. The summed E-state index contributed by atoms with van der Waals surface area (Å²) >= 11 is 1.71. The minimum atomic E-state index is -0.184. The van der Waals surface area contributed by atoms with Crippen LogP contribution in [0.15, 0.2) is 5.38 Å². The molecule has 15 heavy (non-hydrogen) atoms. The Morgan fingerprint density at radius 3 is 2.80 bits per heavy atom. The Kier molecular flexibility index (Phi) is 3.38. The second-order valence-corrected chi connectivity index (χ2v) is 4.67. The summed E-state index contributed by atoms with van der Waals surface area (Å²) in [7, 11) is 1.78. The molecule has 4 heteroatoms. The van der Waals surface area contributed by atoms with Crippen molar-refractivity contribution in [2.24, 2.45) is 0 Å². The van der Waals surface area contributed by atoms with Crippen molar-refractivity contribution in [2.45, 2.75) is 31.8 Å². The normalized spacial score (nSPS) is 20.4. The first-order valence-corrected chi connectivity index (χ1v) is 6.26. The van der Waals surface area contributed by atoms with Gasteiger partial charge in [0.05, 0.1) is 5.69 Å². The average molecular weight is 227 g/mol. The fraction of sp³-hybridized carbons (Fsp3) is 0.727. The SMILES string of the molecule is CCc1csc(C2(OC)CCOCC2)n1. The van der Waals surface area contributed by atoms with Gasteiger partial charge in [0.1, 0.15) is 10.6 Å². The summed E-state index contributed by atoms with van der Waals surface area (Å²) < 4.78 is 11.1. The predicted octanol–water partition coefficient (Wildman–Crippen LogP) is 2.36. The molecule has 0 saturated carbocycles. The molecule has 0 atom stereocenters. The van der Waals surface area contributed by atoms with Crippen molar-refractivity contribution in [1.29, 1.82) is 0 Å². The first-order valence-electron chi connectivity index (χ1n) is 5.38. The molecule has 1 aromatic rings. The molecule has 2 rings (SSSR count). The van der Waals surface area contributed by atoms with E-state index in [1.54, 1.807) is 18.4 Å². The summed E-state index contributed by atoms with van der Waals surface area (Å²) in [5.74, 6) is 0. The molecule has 1 aliphatic heterocycles. The van der Waals surface area contributed by atoms with Gasteiger partial charge in [0.2, 0.25) is 0 Å². The maximum atomic E-state index is 5.69. The smallest absolute Gasteiger partial charge is 0.125 e. The summed E-state index contributed by atoms with van der Waals surface area (Å²) in [6, 6.07) is 0. The zero-order valence-corrected chi connectivity index (χ0v) is 10.1. The number of aryl methyl sites for hydroxylation is 1. The van der Waals surface area contributed by atoms with E-state index in [4.69, 9.17) is 9.47 Å². The number of methoxy groups -OCH3 is 1. The fourth-order valence-corrected chi connectivity index (χ4v) is 3.02. The highest BCUT2D eigenvalue weighted by Crippen LogP contribution is 2.37. The van der Waals surface area contributed by atoms with Gasteiger partial charge >= 0.3 is 0 Å². The number of hydrogen-bond acceptors (Lipinski definition) is 4. The van der Waals surface area contributed by atoms with Crippen LogP contribution < -0.4 is 0 Å². The van der Waals surface area contributed by atoms with Gasteiger partial charge in [-0.05, 0) is 6.42 Å². The highest BCUT2D eigenvalue weighted by molar-refractivity contribution is 7.09. The zero-order valence-electron chi connectivity index (χ0n) is 9.28. The molecule has 3 nitrogen and oxygen atoms in total. The maximum absolute atomic E-state index is 5.69. The van der Waals surface area contributed by atoms with Crippen LogP contribution in [0.4, 0.5) is 0 Å². The number of hydrogen-bond donors (Lipinski definition) is 0. The van der Waals surface area contributed by atoms with Crippen molar-refractivity contribution < 1.29 is 9.47 Å². The molecular weight excluding hydrogens is 210 g/mol. The fourth-order valence-electron chi connectivity index (χ4n) is 1.89. The van der Waals surface area contributed by atoms with Gasteiger partial charge in [0.15, 0.2) is 0 Å². The largest absolute Gasteiger partial charge is 0.381 e. The van der Waals surface area contributed by atoms with Crippen LogP contribution in [-0.4, -0.2) is 25.3 Å². The average Bonchev–Trinajstić information content (AvgIpc) is 2.79. The molecule has 84 valence electrons. The third kappa shape index (κ3) is 2.07. The molecule has 1 fully saturated rings. The number of rotatable bonds is 3. The van der Waals surface area contributed by atoms with Crippen LogP contribution in [0.1, 0.15) is 30.5 Å². The molecule has 0 radical (unpaired) electrons. The van der Waals surface area contributed by atoms with E-state index in [2.05, 4.69) is 17.3 Å². The summed E-state index contributed by atoms with van der Waals surface area (Å²) in [6.07, 6.45) is 2.83. The lowest BCUT2D eigenvalue weighted by Gasteiger charge is -2.33.